The van der Waals surface area contributed by atoms with Crippen LogP contribution in [0.3, 0.4) is 0 Å². The third-order valence-corrected chi connectivity index (χ3v) is 4.69. The van der Waals surface area contributed by atoms with Crippen molar-refractivity contribution in [1.82, 2.24) is 15.0 Å². The van der Waals surface area contributed by atoms with Crippen LogP contribution in [0.25, 0.3) is 22.3 Å². The molecule has 0 bridgehead atoms. The van der Waals surface area contributed by atoms with Gasteiger partial charge in [0.05, 0.1) is 11.2 Å². The molecule has 1 saturated heterocycles. The van der Waals surface area contributed by atoms with Crippen molar-refractivity contribution in [3.8, 4) is 11.4 Å². The molecule has 6 nitrogen and oxygen atoms in total. The number of nitrogen functional groups attached to an aromatic ring is 1. The Balaban J connectivity index is 1.70. The molecule has 3 aromatic rings. The van der Waals surface area contributed by atoms with Crippen LogP contribution < -0.4 is 5.73 Å². The van der Waals surface area contributed by atoms with Crippen LogP contribution in [-0.2, 0) is 0 Å². The summed E-state index contributed by atoms with van der Waals surface area (Å²) in [5.41, 5.74) is 8.55. The summed E-state index contributed by atoms with van der Waals surface area (Å²) in [6.45, 7) is 4.15. The number of para-hydroxylation sites is 1. The van der Waals surface area contributed by atoms with Crippen molar-refractivity contribution in [2.75, 3.05) is 18.8 Å². The van der Waals surface area contributed by atoms with E-state index in [1.807, 2.05) is 53.5 Å². The highest BCUT2D eigenvalue weighted by atomic mass is 15.5. The van der Waals surface area contributed by atoms with Gasteiger partial charge in [-0.1, -0.05) is 36.4 Å². The number of nitrogens with two attached hydrogens (primary N) is 1. The van der Waals surface area contributed by atoms with Crippen LogP contribution in [0.2, 0.25) is 0 Å². The second kappa shape index (κ2) is 7.07. The van der Waals surface area contributed by atoms with E-state index in [-0.39, 0.29) is 0 Å². The molecule has 1 aromatic heterocycles. The number of nitrogens with zero attached hydrogens (tertiary/aromatic N) is 5. The van der Waals surface area contributed by atoms with Crippen molar-refractivity contribution in [3.63, 3.8) is 0 Å². The number of benzene rings is 2. The van der Waals surface area contributed by atoms with Gasteiger partial charge in [0.25, 0.3) is 0 Å². The van der Waals surface area contributed by atoms with E-state index >= 15 is 0 Å². The first-order valence-corrected chi connectivity index (χ1v) is 8.99. The zero-order valence-corrected chi connectivity index (χ0v) is 14.8. The molecule has 2 N–H and O–H groups in total. The van der Waals surface area contributed by atoms with E-state index in [0.717, 1.165) is 41.7 Å². The Bertz CT molecular complexity index is 952. The lowest BCUT2D eigenvalue weighted by molar-refractivity contribution is 0.179. The first kappa shape index (κ1) is 16.4. The smallest absolute Gasteiger partial charge is 0.164 e. The Hall–Kier alpha value is -3.02. The fourth-order valence-corrected chi connectivity index (χ4v) is 3.33. The van der Waals surface area contributed by atoms with Crippen LogP contribution in [-0.4, -0.2) is 28.1 Å². The van der Waals surface area contributed by atoms with Crippen LogP contribution in [0.1, 0.15) is 19.8 Å². The molecule has 0 saturated carbocycles. The van der Waals surface area contributed by atoms with Crippen molar-refractivity contribution in [2.24, 2.45) is 16.3 Å². The Morgan fingerprint density at radius 1 is 1.08 bits per heavy atom. The number of hydrogen-bond donors (Lipinski definition) is 1. The lowest BCUT2D eigenvalue weighted by Crippen LogP contribution is -2.29. The topological polar surface area (TPSA) is 79.8 Å². The van der Waals surface area contributed by atoms with E-state index in [2.05, 4.69) is 27.2 Å². The Kier molecular flexibility index (Phi) is 4.48. The van der Waals surface area contributed by atoms with Crippen molar-refractivity contribution in [1.29, 1.82) is 0 Å². The van der Waals surface area contributed by atoms with Crippen LogP contribution in [0.15, 0.2) is 58.9 Å². The minimum atomic E-state index is 0.474. The largest absolute Gasteiger partial charge is 0.383 e. The van der Waals surface area contributed by atoms with Crippen molar-refractivity contribution in [2.45, 2.75) is 19.8 Å². The van der Waals surface area contributed by atoms with Gasteiger partial charge in [-0.3, -0.25) is 5.01 Å². The van der Waals surface area contributed by atoms with Crippen molar-refractivity contribution in [3.05, 3.63) is 48.5 Å². The van der Waals surface area contributed by atoms with Gasteiger partial charge in [-0.2, -0.15) is 0 Å². The van der Waals surface area contributed by atoms with Gasteiger partial charge in [0.15, 0.2) is 5.82 Å². The van der Waals surface area contributed by atoms with Gasteiger partial charge >= 0.3 is 0 Å². The first-order valence-electron chi connectivity index (χ1n) is 8.99. The highest BCUT2D eigenvalue weighted by molar-refractivity contribution is 5.90. The molecule has 0 aliphatic carbocycles. The number of fused-ring (bicyclic) bond motifs is 1. The summed E-state index contributed by atoms with van der Waals surface area (Å²) in [5.74, 6) is 1.70. The highest BCUT2D eigenvalue weighted by Crippen LogP contribution is 2.30. The number of rotatable bonds is 3. The third-order valence-electron chi connectivity index (χ3n) is 4.69. The van der Waals surface area contributed by atoms with Gasteiger partial charge in [0, 0.05) is 24.0 Å². The van der Waals surface area contributed by atoms with E-state index < -0.39 is 0 Å². The predicted octanol–water partition coefficient (Wildman–Crippen LogP) is 4.61. The molecule has 0 amide bonds. The lowest BCUT2D eigenvalue weighted by Gasteiger charge is -2.27. The molecule has 0 radical (unpaired) electrons. The van der Waals surface area contributed by atoms with Gasteiger partial charge in [-0.25, -0.2) is 9.97 Å². The fraction of sp³-hybridized carbons (Fsp3) is 0.300. The lowest BCUT2D eigenvalue weighted by atomic mass is 10.0. The molecule has 26 heavy (non-hydrogen) atoms. The zero-order valence-electron chi connectivity index (χ0n) is 14.8. The zero-order chi connectivity index (χ0) is 17.9. The summed E-state index contributed by atoms with van der Waals surface area (Å²) >= 11 is 0. The molecule has 6 heteroatoms. The predicted molar refractivity (Wildman–Crippen MR) is 104 cm³/mol. The van der Waals surface area contributed by atoms with E-state index in [1.165, 1.54) is 6.42 Å². The maximum absolute atomic E-state index is 6.14. The molecule has 1 unspecified atom stereocenters. The highest BCUT2D eigenvalue weighted by Gasteiger charge is 2.15. The standard InChI is InChI=1S/C20H22N6/c1-14-7-6-12-26(13-14)25-24-18-11-5-3-9-16(18)20-22-17-10-4-2-8-15(17)19(21)23-20/h2-5,8-11,14H,6-7,12-13H2,1H3,(H2,21,22,23). The SMILES string of the molecule is CC1CCCN(N=Nc2ccccc2-c2nc(N)c3ccccc3n2)C1. The Morgan fingerprint density at radius 3 is 2.77 bits per heavy atom. The molecule has 132 valence electrons. The molecule has 1 aliphatic heterocycles. The monoisotopic (exact) mass is 346 g/mol. The Morgan fingerprint density at radius 2 is 1.88 bits per heavy atom. The summed E-state index contributed by atoms with van der Waals surface area (Å²) in [6.07, 6.45) is 2.42. The van der Waals surface area contributed by atoms with Crippen LogP contribution in [0.5, 0.6) is 0 Å². The molecule has 1 atom stereocenters. The summed E-state index contributed by atoms with van der Waals surface area (Å²) in [4.78, 5) is 9.16. The maximum Gasteiger partial charge on any atom is 0.164 e. The molecule has 4 rings (SSSR count). The van der Waals surface area contributed by atoms with Crippen LogP contribution in [0.4, 0.5) is 11.5 Å². The average Bonchev–Trinajstić information content (AvgIpc) is 2.67. The summed E-state index contributed by atoms with van der Waals surface area (Å²) in [7, 11) is 0. The van der Waals surface area contributed by atoms with Gasteiger partial charge < -0.3 is 5.73 Å². The summed E-state index contributed by atoms with van der Waals surface area (Å²) in [5, 5.41) is 11.8. The summed E-state index contributed by atoms with van der Waals surface area (Å²) < 4.78 is 0. The molecule has 1 aliphatic rings. The minimum absolute atomic E-state index is 0.474. The molecule has 2 aromatic carbocycles. The first-order chi connectivity index (χ1) is 12.7. The van der Waals surface area contributed by atoms with Crippen molar-refractivity contribution >= 4 is 22.4 Å². The van der Waals surface area contributed by atoms with Gasteiger partial charge in [0.1, 0.15) is 5.82 Å². The number of aromatic nitrogens is 2. The molecule has 1 fully saturated rings. The second-order valence-corrected chi connectivity index (χ2v) is 6.82. The van der Waals surface area contributed by atoms with Gasteiger partial charge in [-0.05, 0) is 43.0 Å². The minimum Gasteiger partial charge on any atom is -0.383 e. The van der Waals surface area contributed by atoms with E-state index in [4.69, 9.17) is 5.73 Å². The van der Waals surface area contributed by atoms with Gasteiger partial charge in [0.2, 0.25) is 0 Å². The van der Waals surface area contributed by atoms with E-state index in [0.29, 0.717) is 17.6 Å². The molecule has 2 heterocycles. The maximum atomic E-state index is 6.14. The molecular formula is C20H22N6. The molecular weight excluding hydrogens is 324 g/mol. The van der Waals surface area contributed by atoms with E-state index in [1.54, 1.807) is 0 Å². The molecule has 0 spiro atoms. The van der Waals surface area contributed by atoms with Crippen molar-refractivity contribution < 1.29 is 0 Å². The fourth-order valence-electron chi connectivity index (χ4n) is 3.33. The summed E-state index contributed by atoms with van der Waals surface area (Å²) in [6, 6.07) is 15.5. The Labute approximate surface area is 152 Å². The average molecular weight is 346 g/mol. The third kappa shape index (κ3) is 3.35. The normalized spacial score (nSPS) is 17.9. The number of anilines is 1. The van der Waals surface area contributed by atoms with E-state index in [9.17, 15) is 0 Å². The van der Waals surface area contributed by atoms with Crippen LogP contribution in [0, 0.1) is 5.92 Å². The quantitative estimate of drug-likeness (QED) is 0.702. The number of piperidine rings is 1. The number of hydrogen-bond acceptors (Lipinski definition) is 5. The van der Waals surface area contributed by atoms with Crippen LogP contribution >= 0.6 is 0 Å². The van der Waals surface area contributed by atoms with Gasteiger partial charge in [-0.15, -0.1) is 5.11 Å². The second-order valence-electron chi connectivity index (χ2n) is 6.82.